The van der Waals surface area contributed by atoms with E-state index >= 15 is 0 Å². The molecule has 4 heterocycles. The first kappa shape index (κ1) is 23.1. The van der Waals surface area contributed by atoms with Gasteiger partial charge in [-0.1, -0.05) is 6.92 Å². The van der Waals surface area contributed by atoms with Crippen LogP contribution >= 0.6 is 22.7 Å². The van der Waals surface area contributed by atoms with Crippen LogP contribution in [0.5, 0.6) is 0 Å². The predicted molar refractivity (Wildman–Crippen MR) is 136 cm³/mol. The van der Waals surface area contributed by atoms with Crippen LogP contribution in [0.15, 0.2) is 24.5 Å². The Labute approximate surface area is 207 Å². The highest BCUT2D eigenvalue weighted by atomic mass is 32.1. The highest BCUT2D eigenvalue weighted by Crippen LogP contribution is 2.40. The highest BCUT2D eigenvalue weighted by molar-refractivity contribution is 7.17. The Bertz CT molecular complexity index is 1200. The predicted octanol–water partition coefficient (Wildman–Crippen LogP) is 4.87. The van der Waals surface area contributed by atoms with Gasteiger partial charge in [0.15, 0.2) is 0 Å². The summed E-state index contributed by atoms with van der Waals surface area (Å²) in [5, 5.41) is 11.2. The largest absolute Gasteiger partial charge is 0.462 e. The number of fused-ring (bicyclic) bond motifs is 2. The van der Waals surface area contributed by atoms with Crippen molar-refractivity contribution in [3.63, 3.8) is 0 Å². The molecule has 1 aliphatic carbocycles. The standard InChI is InChI=1S/C25H30N4O3S2/c1-3-32-24(30)21-17-7-6-15(2)12-19(17)33-22(21)28-25(31)27-13-18-16-8-9-26-14-20(16)34-23(18)29-10-4-5-11-29/h4-5,10-11,15,26H,3,6-9,12-14H2,1-2H3,(H2,27,28,31). The Hall–Kier alpha value is -2.62. The van der Waals surface area contributed by atoms with E-state index in [2.05, 4.69) is 27.4 Å². The minimum absolute atomic E-state index is 0.301. The van der Waals surface area contributed by atoms with Gasteiger partial charge in [0.05, 0.1) is 12.2 Å². The average Bonchev–Trinajstić information content (AvgIpc) is 3.54. The molecule has 7 nitrogen and oxygen atoms in total. The SMILES string of the molecule is CCOC(=O)c1c(NC(=O)NCc2c(-n3cccc3)sc3c2CCNC3)sc2c1CCC(C)C2. The van der Waals surface area contributed by atoms with Crippen molar-refractivity contribution in [2.24, 2.45) is 5.92 Å². The van der Waals surface area contributed by atoms with Crippen molar-refractivity contribution in [3.8, 4) is 5.00 Å². The molecule has 2 amide bonds. The number of thiophene rings is 2. The van der Waals surface area contributed by atoms with E-state index in [4.69, 9.17) is 4.74 Å². The maximum atomic E-state index is 13.0. The number of anilines is 1. The van der Waals surface area contributed by atoms with Gasteiger partial charge in [-0.3, -0.25) is 5.32 Å². The smallest absolute Gasteiger partial charge is 0.341 e. The Balaban J connectivity index is 1.36. The fraction of sp³-hybridized carbons (Fsp3) is 0.440. The Morgan fingerprint density at radius 1 is 1.18 bits per heavy atom. The minimum Gasteiger partial charge on any atom is -0.462 e. The van der Waals surface area contributed by atoms with Gasteiger partial charge in [-0.05, 0) is 68.3 Å². The normalized spacial score (nSPS) is 17.1. The first-order valence-electron chi connectivity index (χ1n) is 11.9. The molecule has 0 saturated carbocycles. The maximum absolute atomic E-state index is 13.0. The van der Waals surface area contributed by atoms with Crippen LogP contribution in [0.3, 0.4) is 0 Å². The zero-order valence-electron chi connectivity index (χ0n) is 19.5. The third-order valence-corrected chi connectivity index (χ3v) is 8.96. The molecule has 0 fully saturated rings. The molecule has 0 aromatic carbocycles. The monoisotopic (exact) mass is 498 g/mol. The number of urea groups is 1. The number of aromatic nitrogens is 1. The number of nitrogens with one attached hydrogen (secondary N) is 3. The summed E-state index contributed by atoms with van der Waals surface area (Å²) in [5.74, 6) is 0.230. The lowest BCUT2D eigenvalue weighted by molar-refractivity contribution is 0.0526. The lowest BCUT2D eigenvalue weighted by Gasteiger charge is -2.18. The van der Waals surface area contributed by atoms with Crippen molar-refractivity contribution in [3.05, 3.63) is 56.5 Å². The second-order valence-electron chi connectivity index (χ2n) is 8.89. The number of hydrogen-bond acceptors (Lipinski definition) is 6. The third kappa shape index (κ3) is 4.52. The van der Waals surface area contributed by atoms with Gasteiger partial charge in [-0.15, -0.1) is 22.7 Å². The lowest BCUT2D eigenvalue weighted by Crippen LogP contribution is -2.30. The van der Waals surface area contributed by atoms with Crippen LogP contribution in [0.4, 0.5) is 9.80 Å². The summed E-state index contributed by atoms with van der Waals surface area (Å²) in [5.41, 5.74) is 4.08. The lowest BCUT2D eigenvalue weighted by atomic mass is 9.88. The van der Waals surface area contributed by atoms with Gasteiger partial charge < -0.3 is 19.9 Å². The number of esters is 1. The van der Waals surface area contributed by atoms with E-state index in [9.17, 15) is 9.59 Å². The highest BCUT2D eigenvalue weighted by Gasteiger charge is 2.29. The van der Waals surface area contributed by atoms with E-state index in [1.54, 1.807) is 18.3 Å². The maximum Gasteiger partial charge on any atom is 0.341 e. The van der Waals surface area contributed by atoms with Crippen molar-refractivity contribution >= 4 is 39.7 Å². The van der Waals surface area contributed by atoms with Crippen molar-refractivity contribution < 1.29 is 14.3 Å². The number of rotatable bonds is 6. The van der Waals surface area contributed by atoms with Gasteiger partial charge in [-0.25, -0.2) is 9.59 Å². The molecule has 34 heavy (non-hydrogen) atoms. The summed E-state index contributed by atoms with van der Waals surface area (Å²) in [6.45, 7) is 6.58. The van der Waals surface area contributed by atoms with Gasteiger partial charge >= 0.3 is 12.0 Å². The van der Waals surface area contributed by atoms with E-state index in [1.165, 1.54) is 26.7 Å². The molecule has 0 spiro atoms. The number of amides is 2. The van der Waals surface area contributed by atoms with Crippen molar-refractivity contribution in [1.29, 1.82) is 0 Å². The second-order valence-corrected chi connectivity index (χ2v) is 11.1. The van der Waals surface area contributed by atoms with Crippen LogP contribution in [-0.4, -0.2) is 29.7 Å². The molecule has 2 aliphatic rings. The van der Waals surface area contributed by atoms with Crippen LogP contribution in [0.25, 0.3) is 5.00 Å². The first-order valence-corrected chi connectivity index (χ1v) is 13.5. The molecular weight excluding hydrogens is 468 g/mol. The van der Waals surface area contributed by atoms with Crippen LogP contribution in [-0.2, 0) is 37.1 Å². The molecule has 0 bridgehead atoms. The van der Waals surface area contributed by atoms with Gasteiger partial charge in [-0.2, -0.15) is 0 Å². The van der Waals surface area contributed by atoms with Crippen LogP contribution in [0.2, 0.25) is 0 Å². The zero-order valence-corrected chi connectivity index (χ0v) is 21.2. The van der Waals surface area contributed by atoms with Crippen molar-refractivity contribution in [2.45, 2.75) is 52.6 Å². The van der Waals surface area contributed by atoms with E-state index in [-0.39, 0.29) is 12.0 Å². The Morgan fingerprint density at radius 3 is 2.79 bits per heavy atom. The average molecular weight is 499 g/mol. The molecular formula is C25H30N4O3S2. The van der Waals surface area contributed by atoms with Crippen molar-refractivity contribution in [2.75, 3.05) is 18.5 Å². The van der Waals surface area contributed by atoms with Crippen LogP contribution in [0, 0.1) is 5.92 Å². The fourth-order valence-corrected chi connectivity index (χ4v) is 7.52. The molecule has 0 saturated heterocycles. The molecule has 1 aliphatic heterocycles. The summed E-state index contributed by atoms with van der Waals surface area (Å²) < 4.78 is 7.44. The van der Waals surface area contributed by atoms with E-state index < -0.39 is 0 Å². The molecule has 5 rings (SSSR count). The van der Waals surface area contributed by atoms with E-state index in [1.807, 2.05) is 24.5 Å². The quantitative estimate of drug-likeness (QED) is 0.424. The molecule has 3 N–H and O–H groups in total. The van der Waals surface area contributed by atoms with Gasteiger partial charge in [0.25, 0.3) is 0 Å². The number of ether oxygens (including phenoxy) is 1. The summed E-state index contributed by atoms with van der Waals surface area (Å²) in [7, 11) is 0. The molecule has 1 unspecified atom stereocenters. The fourth-order valence-electron chi connectivity index (χ4n) is 4.82. The Kier molecular flexibility index (Phi) is 6.76. The summed E-state index contributed by atoms with van der Waals surface area (Å²) in [6, 6.07) is 3.72. The number of carbonyl (C=O) groups is 2. The molecule has 1 atom stereocenters. The second kappa shape index (κ2) is 9.93. The molecule has 3 aromatic rings. The summed E-state index contributed by atoms with van der Waals surface area (Å²) in [6.07, 6.45) is 7.86. The zero-order chi connectivity index (χ0) is 23.7. The summed E-state index contributed by atoms with van der Waals surface area (Å²) in [4.78, 5) is 28.3. The van der Waals surface area contributed by atoms with E-state index in [0.29, 0.717) is 29.6 Å². The summed E-state index contributed by atoms with van der Waals surface area (Å²) >= 11 is 3.29. The topological polar surface area (TPSA) is 84.4 Å². The molecule has 180 valence electrons. The van der Waals surface area contributed by atoms with Gasteiger partial charge in [0.1, 0.15) is 10.0 Å². The van der Waals surface area contributed by atoms with Crippen LogP contribution in [0.1, 0.15) is 57.1 Å². The van der Waals surface area contributed by atoms with Gasteiger partial charge in [0.2, 0.25) is 0 Å². The van der Waals surface area contributed by atoms with Crippen LogP contribution < -0.4 is 16.0 Å². The minimum atomic E-state index is -0.348. The third-order valence-electron chi connectivity index (χ3n) is 6.50. The van der Waals surface area contributed by atoms with Crippen molar-refractivity contribution in [1.82, 2.24) is 15.2 Å². The molecule has 0 radical (unpaired) electrons. The number of hydrogen-bond donors (Lipinski definition) is 3. The number of nitrogens with zero attached hydrogens (tertiary/aromatic N) is 1. The Morgan fingerprint density at radius 2 is 2.00 bits per heavy atom. The first-order chi connectivity index (χ1) is 16.5. The van der Waals surface area contributed by atoms with E-state index in [0.717, 1.165) is 54.9 Å². The molecule has 3 aromatic heterocycles. The van der Waals surface area contributed by atoms with Gasteiger partial charge in [0, 0.05) is 40.8 Å². The number of carbonyl (C=O) groups excluding carboxylic acids is 2. The molecule has 9 heteroatoms.